The SMILES string of the molecule is Brc1ccc2sc(NCc3ccsc3)nc2c1. The van der Waals surface area contributed by atoms with Crippen LogP contribution < -0.4 is 5.32 Å². The van der Waals surface area contributed by atoms with Gasteiger partial charge in [0, 0.05) is 11.0 Å². The number of nitrogens with one attached hydrogen (secondary N) is 1. The summed E-state index contributed by atoms with van der Waals surface area (Å²) in [5, 5.41) is 8.57. The van der Waals surface area contributed by atoms with Crippen molar-refractivity contribution in [3.8, 4) is 0 Å². The molecule has 0 fully saturated rings. The average Bonchev–Trinajstić information content (AvgIpc) is 2.94. The molecule has 0 radical (unpaired) electrons. The van der Waals surface area contributed by atoms with E-state index in [1.54, 1.807) is 22.7 Å². The molecule has 0 aliphatic rings. The Morgan fingerprint density at radius 2 is 2.24 bits per heavy atom. The van der Waals surface area contributed by atoms with Crippen molar-refractivity contribution in [3.63, 3.8) is 0 Å². The van der Waals surface area contributed by atoms with Gasteiger partial charge in [-0.2, -0.15) is 11.3 Å². The van der Waals surface area contributed by atoms with Gasteiger partial charge in [0.2, 0.25) is 0 Å². The van der Waals surface area contributed by atoms with E-state index in [4.69, 9.17) is 0 Å². The minimum Gasteiger partial charge on any atom is -0.357 e. The van der Waals surface area contributed by atoms with Gasteiger partial charge in [-0.15, -0.1) is 0 Å². The normalized spacial score (nSPS) is 10.9. The van der Waals surface area contributed by atoms with Gasteiger partial charge in [0.05, 0.1) is 10.2 Å². The van der Waals surface area contributed by atoms with E-state index in [-0.39, 0.29) is 0 Å². The Labute approximate surface area is 115 Å². The smallest absolute Gasteiger partial charge is 0.184 e. The van der Waals surface area contributed by atoms with Gasteiger partial charge in [-0.05, 0) is 40.6 Å². The molecule has 0 bridgehead atoms. The van der Waals surface area contributed by atoms with Crippen molar-refractivity contribution in [1.29, 1.82) is 0 Å². The molecular weight excluding hydrogens is 316 g/mol. The van der Waals surface area contributed by atoms with E-state index in [2.05, 4.69) is 49.1 Å². The number of thiazole rings is 1. The Bertz CT molecular complexity index is 631. The lowest BCUT2D eigenvalue weighted by Crippen LogP contribution is -1.96. The molecule has 2 aromatic heterocycles. The Kier molecular flexibility index (Phi) is 3.13. The largest absolute Gasteiger partial charge is 0.357 e. The van der Waals surface area contributed by atoms with Crippen LogP contribution in [0.2, 0.25) is 0 Å². The molecule has 0 atom stereocenters. The monoisotopic (exact) mass is 324 g/mol. The average molecular weight is 325 g/mol. The van der Waals surface area contributed by atoms with Crippen molar-refractivity contribution in [2.45, 2.75) is 6.54 Å². The van der Waals surface area contributed by atoms with Crippen LogP contribution in [0.25, 0.3) is 10.2 Å². The molecule has 3 aromatic rings. The van der Waals surface area contributed by atoms with Gasteiger partial charge in [-0.1, -0.05) is 27.3 Å². The standard InChI is InChI=1S/C12H9BrN2S2/c13-9-1-2-11-10(5-9)15-12(17-11)14-6-8-3-4-16-7-8/h1-5,7H,6H2,(H,14,15). The van der Waals surface area contributed by atoms with E-state index in [9.17, 15) is 0 Å². The van der Waals surface area contributed by atoms with Gasteiger partial charge in [0.1, 0.15) is 0 Å². The van der Waals surface area contributed by atoms with Crippen LogP contribution in [0.3, 0.4) is 0 Å². The lowest BCUT2D eigenvalue weighted by molar-refractivity contribution is 1.15. The van der Waals surface area contributed by atoms with Gasteiger partial charge in [0.15, 0.2) is 5.13 Å². The number of rotatable bonds is 3. The summed E-state index contributed by atoms with van der Waals surface area (Å²) < 4.78 is 2.28. The summed E-state index contributed by atoms with van der Waals surface area (Å²) in [4.78, 5) is 4.55. The zero-order chi connectivity index (χ0) is 11.7. The van der Waals surface area contributed by atoms with E-state index >= 15 is 0 Å². The van der Waals surface area contributed by atoms with E-state index in [0.717, 1.165) is 21.7 Å². The third-order valence-corrected chi connectivity index (χ3v) is 4.59. The van der Waals surface area contributed by atoms with Gasteiger partial charge < -0.3 is 5.32 Å². The van der Waals surface area contributed by atoms with Crippen LogP contribution in [0.15, 0.2) is 39.5 Å². The fourth-order valence-electron chi connectivity index (χ4n) is 1.55. The van der Waals surface area contributed by atoms with Gasteiger partial charge >= 0.3 is 0 Å². The molecule has 0 aliphatic heterocycles. The van der Waals surface area contributed by atoms with E-state index in [0.29, 0.717) is 0 Å². The second-order valence-corrected chi connectivity index (χ2v) is 6.34. The van der Waals surface area contributed by atoms with Crippen molar-refractivity contribution in [3.05, 3.63) is 45.1 Å². The number of aromatic nitrogens is 1. The summed E-state index contributed by atoms with van der Waals surface area (Å²) in [5.74, 6) is 0. The first-order valence-electron chi connectivity index (χ1n) is 5.12. The molecule has 0 unspecified atom stereocenters. The Balaban J connectivity index is 1.81. The summed E-state index contributed by atoms with van der Waals surface area (Å²) in [6.45, 7) is 0.838. The van der Waals surface area contributed by atoms with Gasteiger partial charge in [-0.3, -0.25) is 0 Å². The first-order valence-corrected chi connectivity index (χ1v) is 7.67. The van der Waals surface area contributed by atoms with E-state index in [1.165, 1.54) is 10.3 Å². The highest BCUT2D eigenvalue weighted by molar-refractivity contribution is 9.10. The molecule has 1 N–H and O–H groups in total. The number of benzene rings is 1. The summed E-state index contributed by atoms with van der Waals surface area (Å²) in [6.07, 6.45) is 0. The van der Waals surface area contributed by atoms with Crippen molar-refractivity contribution in [1.82, 2.24) is 4.98 Å². The van der Waals surface area contributed by atoms with Crippen LogP contribution in [0.4, 0.5) is 5.13 Å². The fraction of sp³-hybridized carbons (Fsp3) is 0.0833. The van der Waals surface area contributed by atoms with Crippen molar-refractivity contribution in [2.24, 2.45) is 0 Å². The second kappa shape index (κ2) is 4.76. The minimum atomic E-state index is 0.838. The van der Waals surface area contributed by atoms with E-state index < -0.39 is 0 Å². The molecule has 0 saturated carbocycles. The molecule has 0 saturated heterocycles. The molecule has 2 nitrogen and oxygen atoms in total. The lowest BCUT2D eigenvalue weighted by atomic mass is 10.3. The number of halogens is 1. The maximum absolute atomic E-state index is 4.55. The highest BCUT2D eigenvalue weighted by atomic mass is 79.9. The number of hydrogen-bond acceptors (Lipinski definition) is 4. The first-order chi connectivity index (χ1) is 8.31. The molecule has 0 spiro atoms. The number of hydrogen-bond donors (Lipinski definition) is 1. The zero-order valence-electron chi connectivity index (χ0n) is 8.81. The molecule has 2 heterocycles. The summed E-state index contributed by atoms with van der Waals surface area (Å²) >= 11 is 6.86. The van der Waals surface area contributed by atoms with Gasteiger partial charge in [0.25, 0.3) is 0 Å². The lowest BCUT2D eigenvalue weighted by Gasteiger charge is -1.98. The van der Waals surface area contributed by atoms with Crippen LogP contribution in [-0.4, -0.2) is 4.98 Å². The van der Waals surface area contributed by atoms with Gasteiger partial charge in [-0.25, -0.2) is 4.98 Å². The number of nitrogens with zero attached hydrogens (tertiary/aromatic N) is 1. The van der Waals surface area contributed by atoms with Crippen LogP contribution in [0.5, 0.6) is 0 Å². The minimum absolute atomic E-state index is 0.838. The summed E-state index contributed by atoms with van der Waals surface area (Å²) in [5.41, 5.74) is 2.34. The molecule has 0 aliphatic carbocycles. The summed E-state index contributed by atoms with van der Waals surface area (Å²) in [6, 6.07) is 8.30. The molecule has 17 heavy (non-hydrogen) atoms. The van der Waals surface area contributed by atoms with Crippen molar-refractivity contribution in [2.75, 3.05) is 5.32 Å². The van der Waals surface area contributed by atoms with Crippen LogP contribution in [0.1, 0.15) is 5.56 Å². The topological polar surface area (TPSA) is 24.9 Å². The summed E-state index contributed by atoms with van der Waals surface area (Å²) in [7, 11) is 0. The predicted octanol–water partition coefficient (Wildman–Crippen LogP) is 4.73. The second-order valence-electron chi connectivity index (χ2n) is 3.62. The third kappa shape index (κ3) is 2.51. The Hall–Kier alpha value is -0.910. The number of thiophene rings is 1. The molecule has 1 aromatic carbocycles. The van der Waals surface area contributed by atoms with Crippen LogP contribution >= 0.6 is 38.6 Å². The highest BCUT2D eigenvalue weighted by Gasteiger charge is 2.03. The Morgan fingerprint density at radius 1 is 1.29 bits per heavy atom. The number of anilines is 1. The molecule has 86 valence electrons. The molecular formula is C12H9BrN2S2. The zero-order valence-corrected chi connectivity index (χ0v) is 12.0. The Morgan fingerprint density at radius 3 is 3.06 bits per heavy atom. The fourth-order valence-corrected chi connectivity index (χ4v) is 3.41. The third-order valence-electron chi connectivity index (χ3n) is 2.37. The maximum Gasteiger partial charge on any atom is 0.184 e. The van der Waals surface area contributed by atoms with Crippen molar-refractivity contribution < 1.29 is 0 Å². The molecule has 3 rings (SSSR count). The predicted molar refractivity (Wildman–Crippen MR) is 79.0 cm³/mol. The molecule has 5 heteroatoms. The quantitative estimate of drug-likeness (QED) is 0.753. The highest BCUT2D eigenvalue weighted by Crippen LogP contribution is 2.28. The first kappa shape index (κ1) is 11.2. The van der Waals surface area contributed by atoms with E-state index in [1.807, 2.05) is 12.1 Å². The van der Waals surface area contributed by atoms with Crippen LogP contribution in [0, 0.1) is 0 Å². The molecule has 0 amide bonds. The maximum atomic E-state index is 4.55. The van der Waals surface area contributed by atoms with Crippen molar-refractivity contribution >= 4 is 54.0 Å². The number of fused-ring (bicyclic) bond motifs is 1. The van der Waals surface area contributed by atoms with Crippen LogP contribution in [-0.2, 0) is 6.54 Å².